The van der Waals surface area contributed by atoms with Crippen LogP contribution in [0.2, 0.25) is 0 Å². The first-order chi connectivity index (χ1) is 9.43. The zero-order chi connectivity index (χ0) is 14.5. The standard InChI is InChI=1S/C14H15BrN2O3/c1-8-9(3-2-4-11(8)15)7-17-12(19)14(16-13(17)20)5-10(18)6-14/h2-4,10,18H,5-7H2,1H3,(H,16,20). The van der Waals surface area contributed by atoms with Gasteiger partial charge in [0.25, 0.3) is 5.91 Å². The van der Waals surface area contributed by atoms with Crippen LogP contribution in [0.5, 0.6) is 0 Å². The summed E-state index contributed by atoms with van der Waals surface area (Å²) in [5.74, 6) is -0.229. The number of carbonyl (C=O) groups excluding carboxylic acids is 2. The van der Waals surface area contributed by atoms with Gasteiger partial charge in [0.05, 0.1) is 12.6 Å². The molecule has 0 bridgehead atoms. The number of imide groups is 1. The molecule has 1 aromatic rings. The first-order valence-electron chi connectivity index (χ1n) is 6.49. The van der Waals surface area contributed by atoms with E-state index >= 15 is 0 Å². The van der Waals surface area contributed by atoms with Crippen LogP contribution >= 0.6 is 15.9 Å². The maximum Gasteiger partial charge on any atom is 0.325 e. The summed E-state index contributed by atoms with van der Waals surface area (Å²) in [4.78, 5) is 25.6. The van der Waals surface area contributed by atoms with Crippen molar-refractivity contribution < 1.29 is 14.7 Å². The molecule has 0 radical (unpaired) electrons. The summed E-state index contributed by atoms with van der Waals surface area (Å²) < 4.78 is 0.954. The van der Waals surface area contributed by atoms with Crippen LogP contribution in [0.4, 0.5) is 4.79 Å². The van der Waals surface area contributed by atoms with E-state index in [-0.39, 0.29) is 18.5 Å². The molecule has 1 aliphatic heterocycles. The van der Waals surface area contributed by atoms with Crippen molar-refractivity contribution in [3.8, 4) is 0 Å². The molecule has 1 saturated heterocycles. The van der Waals surface area contributed by atoms with E-state index < -0.39 is 11.6 Å². The highest BCUT2D eigenvalue weighted by molar-refractivity contribution is 9.10. The zero-order valence-corrected chi connectivity index (χ0v) is 12.6. The third kappa shape index (κ3) is 1.94. The fourth-order valence-electron chi connectivity index (χ4n) is 2.83. The molecule has 0 aromatic heterocycles. The van der Waals surface area contributed by atoms with Crippen LogP contribution < -0.4 is 5.32 Å². The molecule has 1 aliphatic carbocycles. The smallest absolute Gasteiger partial charge is 0.325 e. The Labute approximate surface area is 125 Å². The highest BCUT2D eigenvalue weighted by Gasteiger charge is 2.58. The summed E-state index contributed by atoms with van der Waals surface area (Å²) >= 11 is 3.44. The fourth-order valence-corrected chi connectivity index (χ4v) is 3.24. The molecule has 3 amide bonds. The fraction of sp³-hybridized carbons (Fsp3) is 0.429. The SMILES string of the molecule is Cc1c(Br)cccc1CN1C(=O)NC2(CC(O)C2)C1=O. The number of aliphatic hydroxyl groups excluding tert-OH is 1. The van der Waals surface area contributed by atoms with Gasteiger partial charge in [-0.05, 0) is 24.1 Å². The number of nitrogens with one attached hydrogen (secondary N) is 1. The summed E-state index contributed by atoms with van der Waals surface area (Å²) in [6.45, 7) is 2.20. The van der Waals surface area contributed by atoms with Crippen LogP contribution in [0.1, 0.15) is 24.0 Å². The summed E-state index contributed by atoms with van der Waals surface area (Å²) in [5, 5.41) is 12.1. The molecule has 0 unspecified atom stereocenters. The van der Waals surface area contributed by atoms with Crippen molar-refractivity contribution in [1.82, 2.24) is 10.2 Å². The topological polar surface area (TPSA) is 69.6 Å². The van der Waals surface area contributed by atoms with E-state index in [1.807, 2.05) is 25.1 Å². The highest BCUT2D eigenvalue weighted by Crippen LogP contribution is 2.38. The Bertz CT molecular complexity index is 596. The van der Waals surface area contributed by atoms with Crippen LogP contribution in [0, 0.1) is 6.92 Å². The second kappa shape index (κ2) is 4.56. The number of carbonyl (C=O) groups is 2. The lowest BCUT2D eigenvalue weighted by molar-refractivity contribution is -0.139. The van der Waals surface area contributed by atoms with Crippen molar-refractivity contribution in [1.29, 1.82) is 0 Å². The molecule has 106 valence electrons. The molecule has 2 fully saturated rings. The first kappa shape index (κ1) is 13.6. The van der Waals surface area contributed by atoms with Gasteiger partial charge in [-0.15, -0.1) is 0 Å². The zero-order valence-electron chi connectivity index (χ0n) is 11.0. The second-order valence-electron chi connectivity index (χ2n) is 5.49. The number of amides is 3. The van der Waals surface area contributed by atoms with Gasteiger partial charge in [-0.2, -0.15) is 0 Å². The van der Waals surface area contributed by atoms with Crippen molar-refractivity contribution in [3.05, 3.63) is 33.8 Å². The molecule has 1 aromatic carbocycles. The number of aliphatic hydroxyl groups is 1. The van der Waals surface area contributed by atoms with E-state index in [1.165, 1.54) is 4.90 Å². The lowest BCUT2D eigenvalue weighted by Gasteiger charge is -2.39. The van der Waals surface area contributed by atoms with Crippen LogP contribution in [0.25, 0.3) is 0 Å². The molecule has 2 aliphatic rings. The molecule has 0 atom stereocenters. The van der Waals surface area contributed by atoms with Gasteiger partial charge in [-0.1, -0.05) is 28.1 Å². The van der Waals surface area contributed by atoms with Gasteiger partial charge < -0.3 is 10.4 Å². The number of hydrogen-bond acceptors (Lipinski definition) is 3. The van der Waals surface area contributed by atoms with Crippen LogP contribution in [-0.4, -0.2) is 33.6 Å². The highest BCUT2D eigenvalue weighted by atomic mass is 79.9. The lowest BCUT2D eigenvalue weighted by Crippen LogP contribution is -2.59. The number of nitrogens with zero attached hydrogens (tertiary/aromatic N) is 1. The molecule has 1 saturated carbocycles. The largest absolute Gasteiger partial charge is 0.393 e. The number of benzene rings is 1. The number of halogens is 1. The Kier molecular flexibility index (Phi) is 3.10. The summed E-state index contributed by atoms with van der Waals surface area (Å²) in [6, 6.07) is 5.34. The summed E-state index contributed by atoms with van der Waals surface area (Å²) in [7, 11) is 0. The first-order valence-corrected chi connectivity index (χ1v) is 7.28. The monoisotopic (exact) mass is 338 g/mol. The predicted octanol–water partition coefficient (Wildman–Crippen LogP) is 1.70. The van der Waals surface area contributed by atoms with E-state index in [0.29, 0.717) is 12.8 Å². The van der Waals surface area contributed by atoms with Gasteiger partial charge >= 0.3 is 6.03 Å². The Hall–Kier alpha value is -1.40. The average Bonchev–Trinajstić information content (AvgIpc) is 2.59. The van der Waals surface area contributed by atoms with Gasteiger partial charge in [-0.25, -0.2) is 4.79 Å². The van der Waals surface area contributed by atoms with E-state index in [4.69, 9.17) is 0 Å². The number of urea groups is 1. The van der Waals surface area contributed by atoms with Crippen molar-refractivity contribution in [3.63, 3.8) is 0 Å². The lowest BCUT2D eigenvalue weighted by atomic mass is 9.74. The van der Waals surface area contributed by atoms with Crippen molar-refractivity contribution in [2.45, 2.75) is 38.0 Å². The number of hydrogen-bond donors (Lipinski definition) is 2. The molecule has 20 heavy (non-hydrogen) atoms. The third-order valence-corrected chi connectivity index (χ3v) is 4.98. The van der Waals surface area contributed by atoms with Crippen LogP contribution in [-0.2, 0) is 11.3 Å². The minimum absolute atomic E-state index is 0.229. The normalized spacial score (nSPS) is 28.8. The molecular formula is C14H15BrN2O3. The maximum atomic E-state index is 12.4. The molecule has 1 heterocycles. The van der Waals surface area contributed by atoms with Crippen molar-refractivity contribution in [2.24, 2.45) is 0 Å². The molecule has 1 spiro atoms. The molecule has 6 heteroatoms. The Morgan fingerprint density at radius 2 is 2.15 bits per heavy atom. The van der Waals surface area contributed by atoms with Gasteiger partial charge in [-0.3, -0.25) is 9.69 Å². The minimum atomic E-state index is -0.865. The van der Waals surface area contributed by atoms with Gasteiger partial charge in [0, 0.05) is 17.3 Å². The molecular weight excluding hydrogens is 324 g/mol. The summed E-state index contributed by atoms with van der Waals surface area (Å²) in [6.07, 6.45) is 0.128. The van der Waals surface area contributed by atoms with E-state index in [9.17, 15) is 14.7 Å². The van der Waals surface area contributed by atoms with Crippen LogP contribution in [0.3, 0.4) is 0 Å². The minimum Gasteiger partial charge on any atom is -0.393 e. The Balaban J connectivity index is 1.83. The Morgan fingerprint density at radius 1 is 1.45 bits per heavy atom. The Morgan fingerprint density at radius 3 is 2.80 bits per heavy atom. The average molecular weight is 339 g/mol. The van der Waals surface area contributed by atoms with Crippen LogP contribution in [0.15, 0.2) is 22.7 Å². The van der Waals surface area contributed by atoms with Gasteiger partial charge in [0.15, 0.2) is 0 Å². The second-order valence-corrected chi connectivity index (χ2v) is 6.34. The predicted molar refractivity (Wildman–Crippen MR) is 75.9 cm³/mol. The third-order valence-electron chi connectivity index (χ3n) is 4.12. The maximum absolute atomic E-state index is 12.4. The van der Waals surface area contributed by atoms with Gasteiger partial charge in [0.2, 0.25) is 0 Å². The van der Waals surface area contributed by atoms with Crippen molar-refractivity contribution in [2.75, 3.05) is 0 Å². The van der Waals surface area contributed by atoms with Crippen molar-refractivity contribution >= 4 is 27.9 Å². The van der Waals surface area contributed by atoms with E-state index in [2.05, 4.69) is 21.2 Å². The molecule has 2 N–H and O–H groups in total. The molecule has 5 nitrogen and oxygen atoms in total. The summed E-state index contributed by atoms with van der Waals surface area (Å²) in [5.41, 5.74) is 1.08. The molecule has 3 rings (SSSR count). The van der Waals surface area contributed by atoms with Gasteiger partial charge in [0.1, 0.15) is 5.54 Å². The van der Waals surface area contributed by atoms with E-state index in [1.54, 1.807) is 0 Å². The number of rotatable bonds is 2. The van der Waals surface area contributed by atoms with E-state index in [0.717, 1.165) is 15.6 Å². The quantitative estimate of drug-likeness (QED) is 0.806.